The van der Waals surface area contributed by atoms with Gasteiger partial charge in [0, 0.05) is 13.1 Å². The van der Waals surface area contributed by atoms with Crippen LogP contribution in [-0.2, 0) is 0 Å². The van der Waals surface area contributed by atoms with Gasteiger partial charge in [-0.25, -0.2) is 0 Å². The summed E-state index contributed by atoms with van der Waals surface area (Å²) in [5.41, 5.74) is 4.84. The minimum atomic E-state index is -0.351. The molecule has 19 heavy (non-hydrogen) atoms. The van der Waals surface area contributed by atoms with E-state index in [4.69, 9.17) is 0 Å². The molecule has 0 amide bonds. The molecule has 1 aliphatic rings. The molecule has 2 nitrogen and oxygen atoms in total. The molecule has 0 bridgehead atoms. The molecular weight excluding hydrogens is 234 g/mol. The van der Waals surface area contributed by atoms with Crippen LogP contribution in [0.15, 0.2) is 12.1 Å². The maximum Gasteiger partial charge on any atom is 0.0922 e. The number of nitrogens with zero attached hydrogens (tertiary/aromatic N) is 1. The third-order valence-corrected chi connectivity index (χ3v) is 4.45. The minimum Gasteiger partial charge on any atom is -0.387 e. The number of aryl methyl sites for hydroxylation is 3. The normalized spacial score (nSPS) is 21.8. The zero-order valence-corrected chi connectivity index (χ0v) is 12.7. The Bertz CT molecular complexity index is 418. The lowest BCUT2D eigenvalue weighted by atomic mass is 9.95. The van der Waals surface area contributed by atoms with E-state index < -0.39 is 0 Å². The van der Waals surface area contributed by atoms with E-state index in [1.54, 1.807) is 0 Å². The standard InChI is InChI=1S/C17H27NO/c1-5-15-6-7-18(10-15)11-16(19)17-13(3)8-12(2)9-14(17)4/h8-9,15-16,19H,5-7,10-11H2,1-4H3. The third-order valence-electron chi connectivity index (χ3n) is 4.45. The van der Waals surface area contributed by atoms with E-state index >= 15 is 0 Å². The summed E-state index contributed by atoms with van der Waals surface area (Å²) in [6.45, 7) is 11.7. The number of benzene rings is 1. The number of likely N-dealkylation sites (tertiary alicyclic amines) is 1. The van der Waals surface area contributed by atoms with Gasteiger partial charge in [0.1, 0.15) is 0 Å². The van der Waals surface area contributed by atoms with Crippen molar-refractivity contribution in [1.82, 2.24) is 4.90 Å². The van der Waals surface area contributed by atoms with Crippen LogP contribution in [0, 0.1) is 26.7 Å². The quantitative estimate of drug-likeness (QED) is 0.898. The number of aliphatic hydroxyl groups excluding tert-OH is 1. The monoisotopic (exact) mass is 261 g/mol. The summed E-state index contributed by atoms with van der Waals surface area (Å²) >= 11 is 0. The van der Waals surface area contributed by atoms with Crippen molar-refractivity contribution in [3.05, 3.63) is 34.4 Å². The molecule has 0 aliphatic carbocycles. The molecular formula is C17H27NO. The van der Waals surface area contributed by atoms with Crippen LogP contribution in [0.4, 0.5) is 0 Å². The van der Waals surface area contributed by atoms with Gasteiger partial charge in [0.05, 0.1) is 6.10 Å². The fraction of sp³-hybridized carbons (Fsp3) is 0.647. The first-order valence-electron chi connectivity index (χ1n) is 7.49. The molecule has 1 aromatic carbocycles. The number of hydrogen-bond acceptors (Lipinski definition) is 2. The van der Waals surface area contributed by atoms with Gasteiger partial charge in [-0.3, -0.25) is 0 Å². The van der Waals surface area contributed by atoms with E-state index in [-0.39, 0.29) is 6.10 Å². The molecule has 106 valence electrons. The Labute approximate surface area is 117 Å². The summed E-state index contributed by atoms with van der Waals surface area (Å²) in [5, 5.41) is 10.6. The highest BCUT2D eigenvalue weighted by Crippen LogP contribution is 2.27. The van der Waals surface area contributed by atoms with Crippen molar-refractivity contribution in [2.75, 3.05) is 19.6 Å². The van der Waals surface area contributed by atoms with Crippen LogP contribution in [-0.4, -0.2) is 29.6 Å². The fourth-order valence-electron chi connectivity index (χ4n) is 3.46. The Morgan fingerprint density at radius 3 is 2.42 bits per heavy atom. The summed E-state index contributed by atoms with van der Waals surface area (Å²) in [4.78, 5) is 2.41. The van der Waals surface area contributed by atoms with E-state index in [9.17, 15) is 5.11 Å². The van der Waals surface area contributed by atoms with Gasteiger partial charge in [0.15, 0.2) is 0 Å². The predicted molar refractivity (Wildman–Crippen MR) is 80.5 cm³/mol. The molecule has 0 aromatic heterocycles. The second kappa shape index (κ2) is 6.06. The fourth-order valence-corrected chi connectivity index (χ4v) is 3.46. The van der Waals surface area contributed by atoms with Gasteiger partial charge in [0.25, 0.3) is 0 Å². The van der Waals surface area contributed by atoms with Crippen molar-refractivity contribution in [1.29, 1.82) is 0 Å². The highest BCUT2D eigenvalue weighted by Gasteiger charge is 2.24. The van der Waals surface area contributed by atoms with Crippen LogP contribution in [0.5, 0.6) is 0 Å². The van der Waals surface area contributed by atoms with Crippen molar-refractivity contribution in [3.63, 3.8) is 0 Å². The predicted octanol–water partition coefficient (Wildman–Crippen LogP) is 3.38. The van der Waals surface area contributed by atoms with Crippen molar-refractivity contribution < 1.29 is 5.11 Å². The van der Waals surface area contributed by atoms with E-state index in [2.05, 4.69) is 44.7 Å². The summed E-state index contributed by atoms with van der Waals surface area (Å²) in [6.07, 6.45) is 2.20. The Morgan fingerprint density at radius 1 is 1.26 bits per heavy atom. The van der Waals surface area contributed by atoms with Gasteiger partial charge >= 0.3 is 0 Å². The SMILES string of the molecule is CCC1CCN(CC(O)c2c(C)cc(C)cc2C)C1. The first kappa shape index (κ1) is 14.5. The molecule has 1 heterocycles. The molecule has 1 N–H and O–H groups in total. The molecule has 1 saturated heterocycles. The molecule has 2 atom stereocenters. The van der Waals surface area contributed by atoms with E-state index in [0.717, 1.165) is 31.1 Å². The van der Waals surface area contributed by atoms with E-state index in [0.29, 0.717) is 0 Å². The second-order valence-corrected chi connectivity index (χ2v) is 6.15. The summed E-state index contributed by atoms with van der Waals surface area (Å²) < 4.78 is 0. The first-order valence-corrected chi connectivity index (χ1v) is 7.49. The van der Waals surface area contributed by atoms with Crippen LogP contribution in [0.2, 0.25) is 0 Å². The smallest absolute Gasteiger partial charge is 0.0922 e. The number of hydrogen-bond donors (Lipinski definition) is 1. The molecule has 0 spiro atoms. The van der Waals surface area contributed by atoms with Crippen molar-refractivity contribution in [2.45, 2.75) is 46.6 Å². The average Bonchev–Trinajstić information content (AvgIpc) is 2.75. The maximum atomic E-state index is 10.6. The van der Waals surface area contributed by atoms with E-state index in [1.165, 1.54) is 29.5 Å². The Balaban J connectivity index is 2.06. The van der Waals surface area contributed by atoms with E-state index in [1.807, 2.05) is 0 Å². The first-order chi connectivity index (χ1) is 9.01. The highest BCUT2D eigenvalue weighted by molar-refractivity contribution is 5.39. The minimum absolute atomic E-state index is 0.351. The lowest BCUT2D eigenvalue weighted by Gasteiger charge is -2.23. The largest absolute Gasteiger partial charge is 0.387 e. The van der Waals surface area contributed by atoms with Crippen LogP contribution in [0.3, 0.4) is 0 Å². The molecule has 2 unspecified atom stereocenters. The average molecular weight is 261 g/mol. The van der Waals surface area contributed by atoms with Crippen LogP contribution >= 0.6 is 0 Å². The van der Waals surface area contributed by atoms with Crippen LogP contribution in [0.1, 0.15) is 48.1 Å². The molecule has 2 heteroatoms. The zero-order valence-electron chi connectivity index (χ0n) is 12.7. The molecule has 2 rings (SSSR count). The van der Waals surface area contributed by atoms with Crippen molar-refractivity contribution >= 4 is 0 Å². The van der Waals surface area contributed by atoms with Gasteiger partial charge < -0.3 is 10.0 Å². The Morgan fingerprint density at radius 2 is 1.89 bits per heavy atom. The molecule has 1 aliphatic heterocycles. The van der Waals surface area contributed by atoms with Gasteiger partial charge in [-0.1, -0.05) is 31.0 Å². The maximum absolute atomic E-state index is 10.6. The summed E-state index contributed by atoms with van der Waals surface area (Å²) in [7, 11) is 0. The Hall–Kier alpha value is -0.860. The molecule has 1 fully saturated rings. The summed E-state index contributed by atoms with van der Waals surface area (Å²) in [5.74, 6) is 0.826. The van der Waals surface area contributed by atoms with Gasteiger partial charge in [-0.05, 0) is 56.3 Å². The molecule has 0 radical (unpaired) electrons. The lowest BCUT2D eigenvalue weighted by Crippen LogP contribution is -2.27. The van der Waals surface area contributed by atoms with Gasteiger partial charge in [-0.15, -0.1) is 0 Å². The van der Waals surface area contributed by atoms with Gasteiger partial charge in [-0.2, -0.15) is 0 Å². The zero-order chi connectivity index (χ0) is 14.0. The highest BCUT2D eigenvalue weighted by atomic mass is 16.3. The van der Waals surface area contributed by atoms with Crippen molar-refractivity contribution in [3.8, 4) is 0 Å². The second-order valence-electron chi connectivity index (χ2n) is 6.15. The van der Waals surface area contributed by atoms with Crippen LogP contribution < -0.4 is 0 Å². The molecule has 0 saturated carbocycles. The molecule has 1 aromatic rings. The van der Waals surface area contributed by atoms with Crippen molar-refractivity contribution in [2.24, 2.45) is 5.92 Å². The Kier molecular flexibility index (Phi) is 4.64. The number of rotatable bonds is 4. The number of β-amino-alcohol motifs (C(OH)–C–C–N with tert-alkyl or cyclic N) is 1. The lowest BCUT2D eigenvalue weighted by molar-refractivity contribution is 0.123. The summed E-state index contributed by atoms with van der Waals surface area (Å²) in [6, 6.07) is 4.34. The third kappa shape index (κ3) is 3.37. The number of aliphatic hydroxyl groups is 1. The van der Waals surface area contributed by atoms with Crippen LogP contribution in [0.25, 0.3) is 0 Å². The topological polar surface area (TPSA) is 23.5 Å². The van der Waals surface area contributed by atoms with Gasteiger partial charge in [0.2, 0.25) is 0 Å².